The van der Waals surface area contributed by atoms with Crippen LogP contribution in [0.2, 0.25) is 0 Å². The number of aromatic nitrogens is 4. The van der Waals surface area contributed by atoms with Crippen LogP contribution in [0.15, 0.2) is 12.7 Å². The molecule has 0 saturated carbocycles. The van der Waals surface area contributed by atoms with E-state index < -0.39 is 30.5 Å². The molecule has 10 nitrogen and oxygen atoms in total. The van der Waals surface area contributed by atoms with Crippen LogP contribution >= 0.6 is 0 Å². The second-order valence-corrected chi connectivity index (χ2v) is 5.61. The highest BCUT2D eigenvalue weighted by Gasteiger charge is 2.44. The van der Waals surface area contributed by atoms with Crippen molar-refractivity contribution in [2.45, 2.75) is 37.9 Å². The molecule has 130 valence electrons. The third-order valence-corrected chi connectivity index (χ3v) is 4.01. The van der Waals surface area contributed by atoms with Gasteiger partial charge in [-0.15, -0.1) is 0 Å². The molecule has 0 aliphatic carbocycles. The number of ether oxygens (including phenoxy) is 2. The number of fused-ring (bicyclic) bond motifs is 1. The van der Waals surface area contributed by atoms with Gasteiger partial charge >= 0.3 is 5.97 Å². The molecule has 2 aromatic rings. The van der Waals surface area contributed by atoms with Crippen molar-refractivity contribution in [2.24, 2.45) is 7.05 Å². The first-order valence-electron chi connectivity index (χ1n) is 7.54. The molecule has 0 radical (unpaired) electrons. The van der Waals surface area contributed by atoms with Crippen LogP contribution < -0.4 is 5.49 Å². The van der Waals surface area contributed by atoms with E-state index in [1.54, 1.807) is 14.0 Å². The average molecular weight is 337 g/mol. The maximum atomic E-state index is 11.2. The first-order chi connectivity index (χ1) is 11.4. The molecule has 3 heterocycles. The van der Waals surface area contributed by atoms with Crippen molar-refractivity contribution in [3.05, 3.63) is 18.1 Å². The average Bonchev–Trinajstić information content (AvgIpc) is 3.12. The SMILES string of the molecule is CCC(=O)OC[C@H]1O[C@@H](n2cnc3c(=N)n(C)cnc32)[C@H](O)[C@@H]1O. The lowest BCUT2D eigenvalue weighted by Crippen LogP contribution is -2.34. The number of imidazole rings is 1. The summed E-state index contributed by atoms with van der Waals surface area (Å²) in [5.41, 5.74) is 0.881. The summed E-state index contributed by atoms with van der Waals surface area (Å²) < 4.78 is 13.6. The monoisotopic (exact) mass is 337 g/mol. The molecule has 0 unspecified atom stereocenters. The topological polar surface area (TPSA) is 135 Å². The Morgan fingerprint density at radius 2 is 2.12 bits per heavy atom. The fourth-order valence-electron chi connectivity index (χ4n) is 2.58. The van der Waals surface area contributed by atoms with Gasteiger partial charge in [-0.3, -0.25) is 14.8 Å². The van der Waals surface area contributed by atoms with E-state index in [0.29, 0.717) is 11.2 Å². The zero-order valence-electron chi connectivity index (χ0n) is 13.3. The summed E-state index contributed by atoms with van der Waals surface area (Å²) in [7, 11) is 1.68. The molecule has 3 N–H and O–H groups in total. The number of carbonyl (C=O) groups excluding carboxylic acids is 1. The highest BCUT2D eigenvalue weighted by molar-refractivity contribution is 5.69. The third-order valence-electron chi connectivity index (χ3n) is 4.01. The second-order valence-electron chi connectivity index (χ2n) is 5.61. The quantitative estimate of drug-likeness (QED) is 0.598. The van der Waals surface area contributed by atoms with Crippen molar-refractivity contribution < 1.29 is 24.5 Å². The Balaban J connectivity index is 1.86. The van der Waals surface area contributed by atoms with Gasteiger partial charge in [-0.1, -0.05) is 6.92 Å². The van der Waals surface area contributed by atoms with Crippen LogP contribution in [0.5, 0.6) is 0 Å². The second kappa shape index (κ2) is 6.30. The zero-order chi connectivity index (χ0) is 17.4. The van der Waals surface area contributed by atoms with E-state index >= 15 is 0 Å². The summed E-state index contributed by atoms with van der Waals surface area (Å²) >= 11 is 0. The van der Waals surface area contributed by atoms with Crippen LogP contribution in [-0.2, 0) is 21.3 Å². The molecule has 0 spiro atoms. The number of aliphatic hydroxyl groups is 2. The van der Waals surface area contributed by atoms with Crippen molar-refractivity contribution in [1.29, 1.82) is 5.41 Å². The van der Waals surface area contributed by atoms with Crippen LogP contribution in [0.1, 0.15) is 19.6 Å². The standard InChI is InChI=1S/C14H19N5O5/c1-3-8(20)23-4-7-10(21)11(22)14(24-7)19-6-16-9-12(15)18(2)5-17-13(9)19/h5-7,10-11,14-15,21-22H,3-4H2,1-2H3/t7-,10-,11-,14-/m1/s1. The van der Waals surface area contributed by atoms with Gasteiger partial charge < -0.3 is 24.3 Å². The third kappa shape index (κ3) is 2.68. The van der Waals surface area contributed by atoms with E-state index in [1.807, 2.05) is 0 Å². The number of rotatable bonds is 4. The molecule has 3 rings (SSSR count). The van der Waals surface area contributed by atoms with Crippen molar-refractivity contribution in [3.63, 3.8) is 0 Å². The molecular formula is C14H19N5O5. The maximum absolute atomic E-state index is 11.2. The molecule has 24 heavy (non-hydrogen) atoms. The molecule has 0 aromatic carbocycles. The van der Waals surface area contributed by atoms with Crippen LogP contribution in [0.25, 0.3) is 11.2 Å². The van der Waals surface area contributed by atoms with Gasteiger partial charge in [0.15, 0.2) is 17.4 Å². The Morgan fingerprint density at radius 3 is 2.83 bits per heavy atom. The van der Waals surface area contributed by atoms with Crippen molar-refractivity contribution in [3.8, 4) is 0 Å². The predicted molar refractivity (Wildman–Crippen MR) is 79.5 cm³/mol. The molecule has 4 atom stereocenters. The summed E-state index contributed by atoms with van der Waals surface area (Å²) in [5, 5.41) is 28.4. The minimum Gasteiger partial charge on any atom is -0.463 e. The van der Waals surface area contributed by atoms with E-state index in [9.17, 15) is 15.0 Å². The van der Waals surface area contributed by atoms with Crippen molar-refractivity contribution in [1.82, 2.24) is 19.1 Å². The Bertz CT molecular complexity index is 815. The van der Waals surface area contributed by atoms with Gasteiger partial charge in [0.2, 0.25) is 0 Å². The Morgan fingerprint density at radius 1 is 1.38 bits per heavy atom. The zero-order valence-corrected chi connectivity index (χ0v) is 13.3. The number of nitrogens with one attached hydrogen (secondary N) is 1. The molecule has 0 amide bonds. The molecule has 2 aromatic heterocycles. The maximum Gasteiger partial charge on any atom is 0.305 e. The Hall–Kier alpha value is -2.30. The van der Waals surface area contributed by atoms with Gasteiger partial charge in [-0.2, -0.15) is 0 Å². The van der Waals surface area contributed by atoms with E-state index in [2.05, 4.69) is 9.97 Å². The van der Waals surface area contributed by atoms with E-state index in [0.717, 1.165) is 0 Å². The summed E-state index contributed by atoms with van der Waals surface area (Å²) in [6, 6.07) is 0. The molecular weight excluding hydrogens is 318 g/mol. The number of hydrogen-bond acceptors (Lipinski definition) is 8. The summed E-state index contributed by atoms with van der Waals surface area (Å²) in [5.74, 6) is -0.412. The van der Waals surface area contributed by atoms with E-state index in [4.69, 9.17) is 14.9 Å². The normalized spacial score (nSPS) is 26.8. The van der Waals surface area contributed by atoms with Gasteiger partial charge in [0, 0.05) is 13.5 Å². The summed E-state index contributed by atoms with van der Waals surface area (Å²) in [6.07, 6.45) is -1.17. The Labute approximate surface area is 136 Å². The smallest absolute Gasteiger partial charge is 0.305 e. The Kier molecular flexibility index (Phi) is 4.35. The molecule has 1 saturated heterocycles. The number of aryl methyl sites for hydroxylation is 1. The minimum atomic E-state index is -1.24. The molecule has 10 heteroatoms. The number of aliphatic hydroxyl groups excluding tert-OH is 2. The van der Waals surface area contributed by atoms with Crippen molar-refractivity contribution >= 4 is 17.1 Å². The van der Waals surface area contributed by atoms with Gasteiger partial charge in [0.1, 0.15) is 30.4 Å². The lowest BCUT2D eigenvalue weighted by Gasteiger charge is -2.16. The van der Waals surface area contributed by atoms with Gasteiger partial charge in [0.25, 0.3) is 0 Å². The summed E-state index contributed by atoms with van der Waals surface area (Å²) in [6.45, 7) is 1.51. The summed E-state index contributed by atoms with van der Waals surface area (Å²) in [4.78, 5) is 19.6. The number of carbonyl (C=O) groups is 1. The van der Waals surface area contributed by atoms with Crippen LogP contribution in [-0.4, -0.2) is 60.2 Å². The minimum absolute atomic E-state index is 0.153. The lowest BCUT2D eigenvalue weighted by atomic mass is 10.1. The first-order valence-corrected chi connectivity index (χ1v) is 7.54. The number of nitrogens with zero attached hydrogens (tertiary/aromatic N) is 4. The van der Waals surface area contributed by atoms with Crippen LogP contribution in [0.4, 0.5) is 0 Å². The largest absolute Gasteiger partial charge is 0.463 e. The van der Waals surface area contributed by atoms with E-state index in [-0.39, 0.29) is 18.5 Å². The van der Waals surface area contributed by atoms with Gasteiger partial charge in [0.05, 0.1) is 12.7 Å². The fourth-order valence-corrected chi connectivity index (χ4v) is 2.58. The number of esters is 1. The van der Waals surface area contributed by atoms with E-state index in [1.165, 1.54) is 21.8 Å². The highest BCUT2D eigenvalue weighted by atomic mass is 16.6. The number of hydrogen-bond donors (Lipinski definition) is 3. The van der Waals surface area contributed by atoms with Crippen molar-refractivity contribution in [2.75, 3.05) is 6.61 Å². The fraction of sp³-hybridized carbons (Fsp3) is 0.571. The molecule has 1 aliphatic heterocycles. The highest BCUT2D eigenvalue weighted by Crippen LogP contribution is 2.31. The first kappa shape index (κ1) is 16.6. The van der Waals surface area contributed by atoms with Gasteiger partial charge in [-0.25, -0.2) is 9.97 Å². The van der Waals surface area contributed by atoms with Gasteiger partial charge in [-0.05, 0) is 0 Å². The van der Waals surface area contributed by atoms with Crippen LogP contribution in [0.3, 0.4) is 0 Å². The van der Waals surface area contributed by atoms with Crippen LogP contribution in [0, 0.1) is 5.41 Å². The predicted octanol–water partition coefficient (Wildman–Crippen LogP) is -1.18. The lowest BCUT2D eigenvalue weighted by molar-refractivity contribution is -0.149. The molecule has 1 fully saturated rings. The molecule has 0 bridgehead atoms. The molecule has 1 aliphatic rings.